The third-order valence-corrected chi connectivity index (χ3v) is 4.60. The zero-order valence-electron chi connectivity index (χ0n) is 13.1. The zero-order chi connectivity index (χ0) is 15.2. The molecule has 4 nitrogen and oxygen atoms in total. The van der Waals surface area contributed by atoms with Gasteiger partial charge in [0.25, 0.3) is 0 Å². The van der Waals surface area contributed by atoms with Gasteiger partial charge in [-0.25, -0.2) is 0 Å². The highest BCUT2D eigenvalue weighted by molar-refractivity contribution is 5.56. The molecule has 0 amide bonds. The Balaban J connectivity index is 1.41. The molecule has 1 aliphatic carbocycles. The molecular formula is C18H22O4. The Hall–Kier alpha value is -1.52. The minimum Gasteiger partial charge on any atom is -0.454 e. The molecule has 0 radical (unpaired) electrons. The molecule has 0 spiro atoms. The molecule has 22 heavy (non-hydrogen) atoms. The summed E-state index contributed by atoms with van der Waals surface area (Å²) in [5.41, 5.74) is 1.15. The van der Waals surface area contributed by atoms with Crippen molar-refractivity contribution in [3.05, 3.63) is 29.8 Å². The van der Waals surface area contributed by atoms with E-state index in [-0.39, 0.29) is 12.2 Å². The molecule has 1 aromatic rings. The van der Waals surface area contributed by atoms with Crippen LogP contribution in [0, 0.1) is 5.92 Å². The van der Waals surface area contributed by atoms with Crippen molar-refractivity contribution < 1.29 is 18.9 Å². The van der Waals surface area contributed by atoms with Crippen LogP contribution in [0.4, 0.5) is 0 Å². The smallest absolute Gasteiger partial charge is 0.231 e. The molecule has 2 aliphatic heterocycles. The Morgan fingerprint density at radius 1 is 1.05 bits per heavy atom. The second-order valence-electron chi connectivity index (χ2n) is 6.76. The fourth-order valence-electron chi connectivity index (χ4n) is 3.59. The van der Waals surface area contributed by atoms with E-state index in [1.54, 1.807) is 0 Å². The molecule has 2 heterocycles. The van der Waals surface area contributed by atoms with Crippen LogP contribution in [-0.4, -0.2) is 24.8 Å². The molecule has 1 unspecified atom stereocenters. The first-order valence-corrected chi connectivity index (χ1v) is 8.02. The van der Waals surface area contributed by atoms with Gasteiger partial charge in [-0.2, -0.15) is 0 Å². The van der Waals surface area contributed by atoms with Gasteiger partial charge < -0.3 is 18.9 Å². The van der Waals surface area contributed by atoms with E-state index in [0.717, 1.165) is 36.3 Å². The van der Waals surface area contributed by atoms with E-state index < -0.39 is 5.79 Å². The van der Waals surface area contributed by atoms with E-state index in [2.05, 4.69) is 18.2 Å². The van der Waals surface area contributed by atoms with Gasteiger partial charge in [0.1, 0.15) is 0 Å². The van der Waals surface area contributed by atoms with E-state index in [4.69, 9.17) is 18.9 Å². The number of hydrogen-bond acceptors (Lipinski definition) is 4. The average molecular weight is 302 g/mol. The Morgan fingerprint density at radius 2 is 1.86 bits per heavy atom. The SMILES string of the molecule is CC1(C)OC2CC[C@@H](/C=C\c3ccc4c(c3)OCO4)C[C@H]2O1. The van der Waals surface area contributed by atoms with Crippen LogP contribution in [0.5, 0.6) is 11.5 Å². The van der Waals surface area contributed by atoms with Gasteiger partial charge in [0.15, 0.2) is 17.3 Å². The van der Waals surface area contributed by atoms with Crippen LogP contribution in [0.1, 0.15) is 38.7 Å². The lowest BCUT2D eigenvalue weighted by Gasteiger charge is -2.27. The van der Waals surface area contributed by atoms with Gasteiger partial charge in [-0.3, -0.25) is 0 Å². The molecule has 1 aromatic carbocycles. The minimum atomic E-state index is -0.425. The van der Waals surface area contributed by atoms with Crippen molar-refractivity contribution in [3.63, 3.8) is 0 Å². The topological polar surface area (TPSA) is 36.9 Å². The van der Waals surface area contributed by atoms with Crippen LogP contribution in [-0.2, 0) is 9.47 Å². The quantitative estimate of drug-likeness (QED) is 0.834. The van der Waals surface area contributed by atoms with Crippen LogP contribution in [0.25, 0.3) is 6.08 Å². The Kier molecular flexibility index (Phi) is 3.39. The van der Waals surface area contributed by atoms with Crippen molar-refractivity contribution in [1.82, 2.24) is 0 Å². The first-order valence-electron chi connectivity index (χ1n) is 8.02. The predicted octanol–water partition coefficient (Wildman–Crippen LogP) is 3.75. The van der Waals surface area contributed by atoms with E-state index in [1.807, 2.05) is 26.0 Å². The van der Waals surface area contributed by atoms with Gasteiger partial charge in [-0.15, -0.1) is 0 Å². The lowest BCUT2D eigenvalue weighted by molar-refractivity contribution is -0.145. The standard InChI is InChI=1S/C18H22O4/c1-18(2)21-15-8-6-13(10-17(15)22-18)4-3-12-5-7-14-16(9-12)20-11-19-14/h3-5,7,9,13,15,17H,6,8,10-11H2,1-2H3/b4-3-/t13-,15?,17-/m1/s1. The molecule has 0 bridgehead atoms. The molecule has 1 saturated heterocycles. The van der Waals surface area contributed by atoms with Crippen molar-refractivity contribution >= 4 is 6.08 Å². The summed E-state index contributed by atoms with van der Waals surface area (Å²) in [6.07, 6.45) is 8.23. The highest BCUT2D eigenvalue weighted by atomic mass is 16.8. The fraction of sp³-hybridized carbons (Fsp3) is 0.556. The predicted molar refractivity (Wildman–Crippen MR) is 82.8 cm³/mol. The van der Waals surface area contributed by atoms with Gasteiger partial charge in [-0.05, 0) is 56.7 Å². The third kappa shape index (κ3) is 2.73. The molecule has 2 fully saturated rings. The van der Waals surface area contributed by atoms with Gasteiger partial charge in [0, 0.05) is 0 Å². The van der Waals surface area contributed by atoms with Gasteiger partial charge in [0.05, 0.1) is 12.2 Å². The molecule has 3 aliphatic rings. The van der Waals surface area contributed by atoms with E-state index in [0.29, 0.717) is 12.7 Å². The summed E-state index contributed by atoms with van der Waals surface area (Å²) in [4.78, 5) is 0. The summed E-state index contributed by atoms with van der Waals surface area (Å²) in [5.74, 6) is 1.78. The molecule has 0 N–H and O–H groups in total. The second kappa shape index (κ2) is 5.28. The summed E-state index contributed by atoms with van der Waals surface area (Å²) in [6.45, 7) is 4.33. The average Bonchev–Trinajstić information content (AvgIpc) is 3.05. The minimum absolute atomic E-state index is 0.232. The maximum Gasteiger partial charge on any atom is 0.231 e. The van der Waals surface area contributed by atoms with Crippen molar-refractivity contribution in [2.75, 3.05) is 6.79 Å². The van der Waals surface area contributed by atoms with Gasteiger partial charge >= 0.3 is 0 Å². The maximum absolute atomic E-state index is 6.00. The zero-order valence-corrected chi connectivity index (χ0v) is 13.1. The van der Waals surface area contributed by atoms with Gasteiger partial charge in [-0.1, -0.05) is 18.2 Å². The van der Waals surface area contributed by atoms with Crippen LogP contribution >= 0.6 is 0 Å². The molecule has 0 aromatic heterocycles. The molecule has 4 rings (SSSR count). The highest BCUT2D eigenvalue weighted by Gasteiger charge is 2.43. The van der Waals surface area contributed by atoms with E-state index in [1.165, 1.54) is 0 Å². The lowest BCUT2D eigenvalue weighted by atomic mass is 9.85. The van der Waals surface area contributed by atoms with Crippen molar-refractivity contribution in [2.24, 2.45) is 5.92 Å². The molecular weight excluding hydrogens is 280 g/mol. The molecule has 4 heteroatoms. The van der Waals surface area contributed by atoms with Gasteiger partial charge in [0.2, 0.25) is 6.79 Å². The number of hydrogen-bond donors (Lipinski definition) is 0. The Bertz CT molecular complexity index is 593. The molecule has 118 valence electrons. The van der Waals surface area contributed by atoms with E-state index in [9.17, 15) is 0 Å². The summed E-state index contributed by atoms with van der Waals surface area (Å²) in [7, 11) is 0. The summed E-state index contributed by atoms with van der Waals surface area (Å²) < 4.78 is 22.7. The van der Waals surface area contributed by atoms with Crippen LogP contribution in [0.2, 0.25) is 0 Å². The Morgan fingerprint density at radius 3 is 2.77 bits per heavy atom. The maximum atomic E-state index is 6.00. The summed E-state index contributed by atoms with van der Waals surface area (Å²) >= 11 is 0. The van der Waals surface area contributed by atoms with Crippen LogP contribution in [0.15, 0.2) is 24.3 Å². The highest BCUT2D eigenvalue weighted by Crippen LogP contribution is 2.39. The number of fused-ring (bicyclic) bond motifs is 2. The number of allylic oxidation sites excluding steroid dienone is 1. The molecule has 3 atom stereocenters. The Labute approximate surface area is 131 Å². The number of benzene rings is 1. The first kappa shape index (κ1) is 14.1. The first-order chi connectivity index (χ1) is 10.6. The monoisotopic (exact) mass is 302 g/mol. The largest absolute Gasteiger partial charge is 0.454 e. The fourth-order valence-corrected chi connectivity index (χ4v) is 3.59. The summed E-state index contributed by atoms with van der Waals surface area (Å²) in [6, 6.07) is 6.06. The van der Waals surface area contributed by atoms with Crippen molar-refractivity contribution in [1.29, 1.82) is 0 Å². The lowest BCUT2D eigenvalue weighted by Crippen LogP contribution is -2.30. The second-order valence-corrected chi connectivity index (χ2v) is 6.76. The molecule has 1 saturated carbocycles. The van der Waals surface area contributed by atoms with Crippen LogP contribution in [0.3, 0.4) is 0 Å². The summed E-state index contributed by atoms with van der Waals surface area (Å²) in [5, 5.41) is 0. The van der Waals surface area contributed by atoms with Crippen LogP contribution < -0.4 is 9.47 Å². The van der Waals surface area contributed by atoms with Crippen molar-refractivity contribution in [3.8, 4) is 11.5 Å². The normalized spacial score (nSPS) is 32.4. The number of rotatable bonds is 2. The van der Waals surface area contributed by atoms with E-state index >= 15 is 0 Å². The number of ether oxygens (including phenoxy) is 4. The third-order valence-electron chi connectivity index (χ3n) is 4.60. The van der Waals surface area contributed by atoms with Crippen molar-refractivity contribution in [2.45, 2.75) is 51.1 Å².